The van der Waals surface area contributed by atoms with Crippen molar-refractivity contribution >= 4 is 35.3 Å². The molecule has 1 aromatic carbocycles. The predicted octanol–water partition coefficient (Wildman–Crippen LogP) is 3.91. The second-order valence-corrected chi connectivity index (χ2v) is 12.4. The number of benzene rings is 1. The number of anilines is 1. The van der Waals surface area contributed by atoms with Crippen molar-refractivity contribution in [3.05, 3.63) is 46.5 Å². The molecular formula is C32H44ClN3O8. The van der Waals surface area contributed by atoms with Gasteiger partial charge in [0.25, 0.3) is 0 Å². The Hall–Kier alpha value is -3.12. The van der Waals surface area contributed by atoms with Crippen molar-refractivity contribution < 1.29 is 38.1 Å². The molecule has 3 aliphatic heterocycles. The Morgan fingerprint density at radius 1 is 1.20 bits per heavy atom. The van der Waals surface area contributed by atoms with E-state index in [4.69, 9.17) is 35.3 Å². The lowest BCUT2D eigenvalue weighted by atomic mass is 9.89. The van der Waals surface area contributed by atoms with Crippen LogP contribution >= 0.6 is 11.6 Å². The fraction of sp³-hybridized carbons (Fsp3) is 0.594. The van der Waals surface area contributed by atoms with Gasteiger partial charge in [-0.1, -0.05) is 42.3 Å². The van der Waals surface area contributed by atoms with Crippen LogP contribution in [0.4, 0.5) is 10.5 Å². The Bertz CT molecular complexity index is 1300. The maximum absolute atomic E-state index is 13.8. The number of likely N-dealkylation sites (N-methyl/N-ethyl adjacent to an activating group) is 1. The summed E-state index contributed by atoms with van der Waals surface area (Å²) in [5, 5.41) is 3.18. The first-order chi connectivity index (χ1) is 20.8. The molecule has 2 amide bonds. The second kappa shape index (κ2) is 14.3. The molecule has 3 heterocycles. The molecule has 3 aliphatic rings. The smallest absolute Gasteiger partial charge is 0.407 e. The topological polar surface area (TPSA) is 119 Å². The van der Waals surface area contributed by atoms with Gasteiger partial charge >= 0.3 is 12.1 Å². The fourth-order valence-corrected chi connectivity index (χ4v) is 5.95. The number of esters is 1. The summed E-state index contributed by atoms with van der Waals surface area (Å²) in [6.45, 7) is 5.67. The van der Waals surface area contributed by atoms with Gasteiger partial charge < -0.3 is 33.9 Å². The highest BCUT2D eigenvalue weighted by molar-refractivity contribution is 6.35. The number of ether oxygens (including phenoxy) is 5. The molecule has 11 nitrogen and oxygen atoms in total. The summed E-state index contributed by atoms with van der Waals surface area (Å²) in [5.74, 6) is -0.580. The molecule has 0 aromatic heterocycles. The number of halogens is 1. The lowest BCUT2D eigenvalue weighted by molar-refractivity contribution is -0.156. The number of carbonyl (C=O) groups is 3. The molecule has 4 bridgehead atoms. The molecule has 0 spiro atoms. The van der Waals surface area contributed by atoms with E-state index in [1.807, 2.05) is 44.2 Å². The van der Waals surface area contributed by atoms with E-state index in [2.05, 4.69) is 5.32 Å². The average Bonchev–Trinajstić information content (AvgIpc) is 3.78. The first-order valence-corrected chi connectivity index (χ1v) is 15.2. The van der Waals surface area contributed by atoms with Crippen LogP contribution in [0.5, 0.6) is 5.75 Å². The molecule has 44 heavy (non-hydrogen) atoms. The number of hydrogen-bond donors (Lipinski definition) is 1. The predicted molar refractivity (Wildman–Crippen MR) is 166 cm³/mol. The molecular weight excluding hydrogens is 590 g/mol. The third-order valence-corrected chi connectivity index (χ3v) is 9.09. The van der Waals surface area contributed by atoms with E-state index in [1.54, 1.807) is 40.1 Å². The normalized spacial score (nSPS) is 32.0. The zero-order valence-electron chi connectivity index (χ0n) is 26.7. The van der Waals surface area contributed by atoms with E-state index in [0.29, 0.717) is 29.3 Å². The van der Waals surface area contributed by atoms with Crippen molar-refractivity contribution in [3.63, 3.8) is 0 Å². The number of rotatable bonds is 5. The molecule has 0 aliphatic carbocycles. The largest absolute Gasteiger partial charge is 0.495 e. The van der Waals surface area contributed by atoms with E-state index in [0.717, 1.165) is 11.1 Å². The van der Waals surface area contributed by atoms with E-state index in [1.165, 1.54) is 12.0 Å². The summed E-state index contributed by atoms with van der Waals surface area (Å²) in [4.78, 5) is 42.6. The maximum Gasteiger partial charge on any atom is 0.407 e. The van der Waals surface area contributed by atoms with Gasteiger partial charge in [0.1, 0.15) is 35.1 Å². The number of nitrogens with one attached hydrogen (secondary N) is 1. The summed E-state index contributed by atoms with van der Waals surface area (Å²) < 4.78 is 29.0. The lowest BCUT2D eigenvalue weighted by Crippen LogP contribution is -2.53. The molecule has 1 N–H and O–H groups in total. The van der Waals surface area contributed by atoms with E-state index in [9.17, 15) is 14.4 Å². The number of allylic oxidation sites excluding steroid dienone is 3. The number of methoxy groups -OCH3 is 2. The van der Waals surface area contributed by atoms with Crippen LogP contribution < -0.4 is 15.0 Å². The zero-order valence-corrected chi connectivity index (χ0v) is 27.4. The molecule has 2 saturated heterocycles. The Balaban J connectivity index is 1.73. The minimum atomic E-state index is -0.869. The maximum atomic E-state index is 13.8. The number of amides is 2. The van der Waals surface area contributed by atoms with E-state index in [-0.39, 0.29) is 24.3 Å². The van der Waals surface area contributed by atoms with Crippen LogP contribution in [-0.4, -0.2) is 101 Å². The Labute approximate surface area is 264 Å². The Kier molecular flexibility index (Phi) is 11.0. The van der Waals surface area contributed by atoms with Gasteiger partial charge in [-0.05, 0) is 52.1 Å². The molecule has 0 saturated carbocycles. The van der Waals surface area contributed by atoms with Crippen molar-refractivity contribution in [2.45, 2.75) is 82.6 Å². The van der Waals surface area contributed by atoms with Gasteiger partial charge in [0.15, 0.2) is 0 Å². The third-order valence-electron chi connectivity index (χ3n) is 8.71. The van der Waals surface area contributed by atoms with Gasteiger partial charge in [-0.2, -0.15) is 0 Å². The van der Waals surface area contributed by atoms with Crippen LogP contribution in [0.2, 0.25) is 5.02 Å². The number of fused-ring (bicyclic) bond motifs is 5. The quantitative estimate of drug-likeness (QED) is 0.380. The van der Waals surface area contributed by atoms with Crippen molar-refractivity contribution in [2.75, 3.05) is 40.3 Å². The fourth-order valence-electron chi connectivity index (χ4n) is 5.64. The van der Waals surface area contributed by atoms with Crippen LogP contribution in [-0.2, 0) is 35.0 Å². The molecule has 0 radical (unpaired) electrons. The van der Waals surface area contributed by atoms with Gasteiger partial charge in [-0.3, -0.25) is 14.5 Å². The zero-order chi connectivity index (χ0) is 32.3. The lowest BCUT2D eigenvalue weighted by Gasteiger charge is -2.35. The SMILES string of the molecule is COc1cc2cc(c1Cl)N(C)C(=O)C[C@H](OC(=O)[C@H](C)N(C)C)C1OC1[C@H](C)C1CC(NC(=O)O1)[C@H](OC)/C=C/C=C(\C)C2. The van der Waals surface area contributed by atoms with Crippen LogP contribution in [0.3, 0.4) is 0 Å². The highest BCUT2D eigenvalue weighted by Gasteiger charge is 2.54. The first-order valence-electron chi connectivity index (χ1n) is 14.8. The average molecular weight is 634 g/mol. The highest BCUT2D eigenvalue weighted by atomic mass is 35.5. The molecule has 1 aromatic rings. The van der Waals surface area contributed by atoms with Crippen molar-refractivity contribution in [3.8, 4) is 5.75 Å². The highest BCUT2D eigenvalue weighted by Crippen LogP contribution is 2.40. The van der Waals surface area contributed by atoms with E-state index >= 15 is 0 Å². The van der Waals surface area contributed by atoms with Crippen molar-refractivity contribution in [2.24, 2.45) is 5.92 Å². The van der Waals surface area contributed by atoms with Crippen molar-refractivity contribution in [1.29, 1.82) is 0 Å². The molecule has 12 heteroatoms. The van der Waals surface area contributed by atoms with Crippen LogP contribution in [0.1, 0.15) is 39.2 Å². The standard InChI is InChI=1S/C32H44ClN3O8/c1-17-10-9-11-23(40-7)21-15-24(43-32(39)34-21)18(2)29-30(44-29)26(42-31(38)19(3)35(4)5)16-27(37)36(6)22-13-20(12-17)14-25(41-8)28(22)33/h9-11,13-14,18-19,21,23-24,26,29-30H,12,15-16H2,1-8H3,(H,34,39)/b11-9+,17-10+/t18-,19+,21?,23-,24?,26+,29?,30?/m1/s1. The summed E-state index contributed by atoms with van der Waals surface area (Å²) in [6.07, 6.45) is 3.49. The number of nitrogens with zero attached hydrogens (tertiary/aromatic N) is 2. The van der Waals surface area contributed by atoms with Crippen LogP contribution in [0.25, 0.3) is 0 Å². The first kappa shape index (κ1) is 33.8. The summed E-state index contributed by atoms with van der Waals surface area (Å²) in [5.41, 5.74) is 2.41. The third kappa shape index (κ3) is 7.74. The summed E-state index contributed by atoms with van der Waals surface area (Å²) in [6, 6.07) is 2.84. The molecule has 8 atom stereocenters. The number of carbonyl (C=O) groups excluding carboxylic acids is 3. The monoisotopic (exact) mass is 633 g/mol. The molecule has 2 fully saturated rings. The van der Waals surface area contributed by atoms with Gasteiger partial charge in [0.05, 0.1) is 37.5 Å². The Morgan fingerprint density at radius 3 is 2.59 bits per heavy atom. The second-order valence-electron chi connectivity index (χ2n) is 12.0. The van der Waals surface area contributed by atoms with Crippen LogP contribution in [0.15, 0.2) is 35.9 Å². The minimum absolute atomic E-state index is 0.137. The number of hydrogen-bond acceptors (Lipinski definition) is 9. The molecule has 4 rings (SSSR count). The molecule has 4 unspecified atom stereocenters. The van der Waals surface area contributed by atoms with Gasteiger partial charge in [0, 0.05) is 26.5 Å². The molecule has 242 valence electrons. The minimum Gasteiger partial charge on any atom is -0.495 e. The summed E-state index contributed by atoms with van der Waals surface area (Å²) >= 11 is 6.70. The van der Waals surface area contributed by atoms with Crippen LogP contribution in [0, 0.1) is 5.92 Å². The van der Waals surface area contributed by atoms with Gasteiger partial charge in [-0.25, -0.2) is 4.79 Å². The van der Waals surface area contributed by atoms with E-state index < -0.39 is 48.6 Å². The Morgan fingerprint density at radius 2 is 1.93 bits per heavy atom. The van der Waals surface area contributed by atoms with Gasteiger partial charge in [-0.15, -0.1) is 0 Å². The summed E-state index contributed by atoms with van der Waals surface area (Å²) in [7, 11) is 8.32. The number of epoxide rings is 1. The van der Waals surface area contributed by atoms with Gasteiger partial charge in [0.2, 0.25) is 5.91 Å². The van der Waals surface area contributed by atoms with Crippen molar-refractivity contribution in [1.82, 2.24) is 10.2 Å². The number of alkyl carbamates (subject to hydrolysis) is 1.